The van der Waals surface area contributed by atoms with Crippen LogP contribution in [0.25, 0.3) is 0 Å². The number of H-pyrrole nitrogens is 1. The SMILES string of the molecule is Cc1cn[nH]c1[C@H]1CCN(C(=O)CCc2cccnc2)C1. The van der Waals surface area contributed by atoms with Crippen molar-refractivity contribution in [3.8, 4) is 0 Å². The van der Waals surface area contributed by atoms with Crippen molar-refractivity contribution >= 4 is 5.91 Å². The first-order chi connectivity index (χ1) is 10.2. The summed E-state index contributed by atoms with van der Waals surface area (Å²) in [5, 5.41) is 7.15. The molecule has 1 saturated heterocycles. The number of aryl methyl sites for hydroxylation is 2. The second kappa shape index (κ2) is 6.08. The summed E-state index contributed by atoms with van der Waals surface area (Å²) in [5.74, 6) is 0.633. The maximum atomic E-state index is 12.3. The molecule has 1 aliphatic rings. The van der Waals surface area contributed by atoms with E-state index in [9.17, 15) is 4.79 Å². The predicted molar refractivity (Wildman–Crippen MR) is 79.8 cm³/mol. The van der Waals surface area contributed by atoms with Crippen LogP contribution in [0.2, 0.25) is 0 Å². The van der Waals surface area contributed by atoms with Crippen molar-refractivity contribution in [1.29, 1.82) is 0 Å². The molecule has 110 valence electrons. The molecule has 2 aromatic rings. The van der Waals surface area contributed by atoms with Crippen LogP contribution >= 0.6 is 0 Å². The van der Waals surface area contributed by atoms with Crippen LogP contribution in [0.4, 0.5) is 0 Å². The van der Waals surface area contributed by atoms with Crippen molar-refractivity contribution in [1.82, 2.24) is 20.1 Å². The van der Waals surface area contributed by atoms with Crippen molar-refractivity contribution in [3.63, 3.8) is 0 Å². The monoisotopic (exact) mass is 284 g/mol. The highest BCUT2D eigenvalue weighted by molar-refractivity contribution is 5.76. The quantitative estimate of drug-likeness (QED) is 0.934. The Morgan fingerprint density at radius 2 is 2.38 bits per heavy atom. The molecule has 1 fully saturated rings. The summed E-state index contributed by atoms with van der Waals surface area (Å²) in [6.45, 7) is 3.70. The Hall–Kier alpha value is -2.17. The molecule has 3 heterocycles. The van der Waals surface area contributed by atoms with Gasteiger partial charge < -0.3 is 4.90 Å². The molecule has 1 amide bonds. The number of hydrogen-bond acceptors (Lipinski definition) is 3. The van der Waals surface area contributed by atoms with Crippen LogP contribution in [-0.4, -0.2) is 39.1 Å². The first-order valence-electron chi connectivity index (χ1n) is 7.40. The van der Waals surface area contributed by atoms with E-state index in [0.717, 1.165) is 31.5 Å². The lowest BCUT2D eigenvalue weighted by atomic mass is 10.0. The minimum absolute atomic E-state index is 0.235. The van der Waals surface area contributed by atoms with E-state index in [1.54, 1.807) is 6.20 Å². The van der Waals surface area contributed by atoms with Crippen LogP contribution in [0.1, 0.15) is 35.6 Å². The van der Waals surface area contributed by atoms with Crippen LogP contribution in [0.5, 0.6) is 0 Å². The second-order valence-electron chi connectivity index (χ2n) is 5.65. The second-order valence-corrected chi connectivity index (χ2v) is 5.65. The Labute approximate surface area is 124 Å². The van der Waals surface area contributed by atoms with Gasteiger partial charge in [-0.05, 0) is 37.0 Å². The molecular weight excluding hydrogens is 264 g/mol. The van der Waals surface area contributed by atoms with E-state index in [2.05, 4.69) is 22.1 Å². The zero-order valence-corrected chi connectivity index (χ0v) is 12.2. The van der Waals surface area contributed by atoms with Crippen LogP contribution < -0.4 is 0 Å². The Morgan fingerprint density at radius 1 is 1.48 bits per heavy atom. The normalized spacial score (nSPS) is 18.1. The molecule has 1 N–H and O–H groups in total. The smallest absolute Gasteiger partial charge is 0.222 e. The van der Waals surface area contributed by atoms with Crippen LogP contribution in [-0.2, 0) is 11.2 Å². The Kier molecular flexibility index (Phi) is 3.99. The molecule has 1 aliphatic heterocycles. The van der Waals surface area contributed by atoms with Gasteiger partial charge in [0, 0.05) is 43.5 Å². The van der Waals surface area contributed by atoms with Crippen LogP contribution in [0.15, 0.2) is 30.7 Å². The number of aromatic nitrogens is 3. The summed E-state index contributed by atoms with van der Waals surface area (Å²) in [6, 6.07) is 3.92. The van der Waals surface area contributed by atoms with Gasteiger partial charge in [-0.25, -0.2) is 0 Å². The van der Waals surface area contributed by atoms with E-state index >= 15 is 0 Å². The molecule has 0 aliphatic carbocycles. The first-order valence-corrected chi connectivity index (χ1v) is 7.40. The number of carbonyl (C=O) groups excluding carboxylic acids is 1. The maximum absolute atomic E-state index is 12.3. The molecule has 0 saturated carbocycles. The lowest BCUT2D eigenvalue weighted by Crippen LogP contribution is -2.28. The minimum Gasteiger partial charge on any atom is -0.342 e. The molecule has 0 spiro atoms. The fourth-order valence-corrected chi connectivity index (χ4v) is 2.95. The fourth-order valence-electron chi connectivity index (χ4n) is 2.95. The molecule has 5 nitrogen and oxygen atoms in total. The summed E-state index contributed by atoms with van der Waals surface area (Å²) in [4.78, 5) is 18.4. The fraction of sp³-hybridized carbons (Fsp3) is 0.438. The standard InChI is InChI=1S/C16H20N4O/c1-12-9-18-19-16(12)14-6-8-20(11-14)15(21)5-4-13-3-2-7-17-10-13/h2-3,7,9-10,14H,4-6,8,11H2,1H3,(H,18,19)/t14-/m0/s1. The van der Waals surface area contributed by atoms with Gasteiger partial charge in [0.25, 0.3) is 0 Å². The average Bonchev–Trinajstić information content (AvgIpc) is 3.14. The number of rotatable bonds is 4. The Balaban J connectivity index is 1.54. The van der Waals surface area contributed by atoms with Gasteiger partial charge in [-0.2, -0.15) is 5.10 Å². The third-order valence-corrected chi connectivity index (χ3v) is 4.17. The van der Waals surface area contributed by atoms with E-state index in [-0.39, 0.29) is 5.91 Å². The highest BCUT2D eigenvalue weighted by Crippen LogP contribution is 2.28. The number of likely N-dealkylation sites (tertiary alicyclic amines) is 1. The molecule has 0 radical (unpaired) electrons. The molecule has 0 bridgehead atoms. The minimum atomic E-state index is 0.235. The van der Waals surface area contributed by atoms with E-state index in [1.165, 1.54) is 11.3 Å². The average molecular weight is 284 g/mol. The Morgan fingerprint density at radius 3 is 3.10 bits per heavy atom. The largest absolute Gasteiger partial charge is 0.342 e. The van der Waals surface area contributed by atoms with E-state index in [4.69, 9.17) is 0 Å². The summed E-state index contributed by atoms with van der Waals surface area (Å²) >= 11 is 0. The highest BCUT2D eigenvalue weighted by atomic mass is 16.2. The van der Waals surface area contributed by atoms with Gasteiger partial charge in [0.05, 0.1) is 6.20 Å². The number of aromatic amines is 1. The molecule has 3 rings (SSSR count). The van der Waals surface area contributed by atoms with Gasteiger partial charge in [0.2, 0.25) is 5.91 Å². The van der Waals surface area contributed by atoms with Crippen molar-refractivity contribution in [2.24, 2.45) is 0 Å². The third kappa shape index (κ3) is 3.12. The van der Waals surface area contributed by atoms with Gasteiger partial charge in [-0.3, -0.25) is 14.9 Å². The molecule has 0 aromatic carbocycles. The molecule has 2 aromatic heterocycles. The van der Waals surface area contributed by atoms with Crippen LogP contribution in [0.3, 0.4) is 0 Å². The van der Waals surface area contributed by atoms with Crippen LogP contribution in [0, 0.1) is 6.92 Å². The maximum Gasteiger partial charge on any atom is 0.222 e. The molecule has 21 heavy (non-hydrogen) atoms. The summed E-state index contributed by atoms with van der Waals surface area (Å²) < 4.78 is 0. The lowest BCUT2D eigenvalue weighted by Gasteiger charge is -2.16. The molecule has 5 heteroatoms. The number of hydrogen-bond donors (Lipinski definition) is 1. The van der Waals surface area contributed by atoms with Crippen molar-refractivity contribution < 1.29 is 4.79 Å². The first kappa shape index (κ1) is 13.8. The van der Waals surface area contributed by atoms with Crippen molar-refractivity contribution in [3.05, 3.63) is 47.5 Å². The number of pyridine rings is 1. The Bertz CT molecular complexity index is 608. The molecule has 0 unspecified atom stereocenters. The number of amides is 1. The summed E-state index contributed by atoms with van der Waals surface area (Å²) in [5.41, 5.74) is 3.48. The van der Waals surface area contributed by atoms with Gasteiger partial charge in [-0.1, -0.05) is 6.07 Å². The van der Waals surface area contributed by atoms with Crippen molar-refractivity contribution in [2.75, 3.05) is 13.1 Å². The van der Waals surface area contributed by atoms with Gasteiger partial charge in [-0.15, -0.1) is 0 Å². The highest BCUT2D eigenvalue weighted by Gasteiger charge is 2.28. The number of nitrogens with one attached hydrogen (secondary N) is 1. The van der Waals surface area contributed by atoms with E-state index < -0.39 is 0 Å². The summed E-state index contributed by atoms with van der Waals surface area (Å²) in [6.07, 6.45) is 7.76. The van der Waals surface area contributed by atoms with Gasteiger partial charge in [0.15, 0.2) is 0 Å². The topological polar surface area (TPSA) is 61.9 Å². The molecule has 1 atom stereocenters. The van der Waals surface area contributed by atoms with Gasteiger partial charge >= 0.3 is 0 Å². The van der Waals surface area contributed by atoms with E-state index in [1.807, 2.05) is 29.4 Å². The molecular formula is C16H20N4O. The predicted octanol–water partition coefficient (Wildman–Crippen LogP) is 2.06. The van der Waals surface area contributed by atoms with Crippen molar-refractivity contribution in [2.45, 2.75) is 32.1 Å². The zero-order chi connectivity index (χ0) is 14.7. The summed E-state index contributed by atoms with van der Waals surface area (Å²) in [7, 11) is 0. The lowest BCUT2D eigenvalue weighted by molar-refractivity contribution is -0.130. The van der Waals surface area contributed by atoms with Gasteiger partial charge in [0.1, 0.15) is 0 Å². The van der Waals surface area contributed by atoms with E-state index in [0.29, 0.717) is 12.3 Å². The number of carbonyl (C=O) groups is 1. The third-order valence-electron chi connectivity index (χ3n) is 4.17. The zero-order valence-electron chi connectivity index (χ0n) is 12.2. The number of nitrogens with zero attached hydrogens (tertiary/aromatic N) is 3.